The molecule has 4 rings (SSSR count). The number of carbonyl (C=O) groups is 1. The van der Waals surface area contributed by atoms with E-state index < -0.39 is 11.8 Å². The molecule has 0 bridgehead atoms. The summed E-state index contributed by atoms with van der Waals surface area (Å²) < 4.78 is 17.2. The van der Waals surface area contributed by atoms with Gasteiger partial charge in [-0.25, -0.2) is 4.79 Å². The average molecular weight is 354 g/mol. The van der Waals surface area contributed by atoms with Gasteiger partial charge in [0.15, 0.2) is 17.1 Å². The van der Waals surface area contributed by atoms with Gasteiger partial charge in [0.05, 0.1) is 11.6 Å². The second-order valence-corrected chi connectivity index (χ2v) is 6.22. The maximum Gasteiger partial charge on any atom is 0.420 e. The molecular formula is C19H18N2O5. The number of hydrogen-bond donors (Lipinski definition) is 1. The van der Waals surface area contributed by atoms with Gasteiger partial charge in [-0.2, -0.15) is 0 Å². The zero-order chi connectivity index (χ0) is 18.3. The van der Waals surface area contributed by atoms with Gasteiger partial charge in [0.1, 0.15) is 6.04 Å². The number of carbonyl (C=O) groups excluding carboxylic acids is 1. The van der Waals surface area contributed by atoms with Crippen LogP contribution in [0.25, 0.3) is 11.1 Å². The molecule has 0 aliphatic carbocycles. The molecule has 1 N–H and O–H groups in total. The molecule has 1 aliphatic heterocycles. The van der Waals surface area contributed by atoms with Crippen LogP contribution >= 0.6 is 0 Å². The van der Waals surface area contributed by atoms with Crippen LogP contribution in [0.4, 0.5) is 0 Å². The minimum Gasteiger partial charge on any atom is -0.454 e. The lowest BCUT2D eigenvalue weighted by Gasteiger charge is -2.18. The van der Waals surface area contributed by atoms with Gasteiger partial charge in [0.2, 0.25) is 12.7 Å². The summed E-state index contributed by atoms with van der Waals surface area (Å²) in [4.78, 5) is 24.8. The van der Waals surface area contributed by atoms with Crippen molar-refractivity contribution in [1.82, 2.24) is 9.88 Å². The lowest BCUT2D eigenvalue weighted by atomic mass is 10.1. The van der Waals surface area contributed by atoms with Crippen LogP contribution in [-0.4, -0.2) is 17.3 Å². The average Bonchev–Trinajstić information content (AvgIpc) is 3.23. The molecule has 26 heavy (non-hydrogen) atoms. The van der Waals surface area contributed by atoms with E-state index in [9.17, 15) is 9.59 Å². The molecule has 3 aromatic rings. The Morgan fingerprint density at radius 2 is 1.88 bits per heavy atom. The summed E-state index contributed by atoms with van der Waals surface area (Å²) in [5.41, 5.74) is 1.94. The Kier molecular flexibility index (Phi) is 3.91. The van der Waals surface area contributed by atoms with E-state index in [1.54, 1.807) is 31.2 Å². The van der Waals surface area contributed by atoms with Crippen molar-refractivity contribution in [2.75, 3.05) is 6.79 Å². The molecule has 1 aliphatic rings. The van der Waals surface area contributed by atoms with Crippen LogP contribution in [0.15, 0.2) is 51.7 Å². The molecule has 2 heterocycles. The summed E-state index contributed by atoms with van der Waals surface area (Å²) in [6, 6.07) is 11.6. The quantitative estimate of drug-likeness (QED) is 0.779. The minimum atomic E-state index is -0.706. The van der Waals surface area contributed by atoms with Gasteiger partial charge in [0.25, 0.3) is 0 Å². The third-order valence-electron chi connectivity index (χ3n) is 4.54. The predicted molar refractivity (Wildman–Crippen MR) is 94.3 cm³/mol. The molecule has 2 aromatic carbocycles. The number of para-hydroxylation sites is 2. The topological polar surface area (TPSA) is 82.7 Å². The van der Waals surface area contributed by atoms with Crippen molar-refractivity contribution >= 4 is 17.0 Å². The third kappa shape index (κ3) is 2.71. The number of benzene rings is 2. The molecule has 0 saturated carbocycles. The van der Waals surface area contributed by atoms with Crippen LogP contribution in [0.3, 0.4) is 0 Å². The first kappa shape index (κ1) is 16.3. The van der Waals surface area contributed by atoms with Crippen molar-refractivity contribution in [2.45, 2.75) is 25.9 Å². The van der Waals surface area contributed by atoms with Crippen molar-refractivity contribution < 1.29 is 18.7 Å². The zero-order valence-electron chi connectivity index (χ0n) is 14.4. The number of fused-ring (bicyclic) bond motifs is 2. The highest BCUT2D eigenvalue weighted by Crippen LogP contribution is 2.34. The van der Waals surface area contributed by atoms with Gasteiger partial charge in [-0.1, -0.05) is 18.2 Å². The molecule has 0 radical (unpaired) electrons. The Balaban J connectivity index is 1.55. The molecule has 2 atom stereocenters. The Morgan fingerprint density at radius 1 is 1.12 bits per heavy atom. The molecule has 7 nitrogen and oxygen atoms in total. The third-order valence-corrected chi connectivity index (χ3v) is 4.54. The summed E-state index contributed by atoms with van der Waals surface area (Å²) in [7, 11) is 0. The first-order valence-electron chi connectivity index (χ1n) is 8.34. The van der Waals surface area contributed by atoms with E-state index in [1.165, 1.54) is 4.57 Å². The van der Waals surface area contributed by atoms with Crippen LogP contribution in [0, 0.1) is 0 Å². The Morgan fingerprint density at radius 3 is 2.73 bits per heavy atom. The number of hydrogen-bond acceptors (Lipinski definition) is 5. The van der Waals surface area contributed by atoms with E-state index in [0.29, 0.717) is 22.6 Å². The predicted octanol–water partition coefficient (Wildman–Crippen LogP) is 2.76. The van der Waals surface area contributed by atoms with E-state index in [4.69, 9.17) is 13.9 Å². The summed E-state index contributed by atoms with van der Waals surface area (Å²) in [5, 5.41) is 2.93. The minimum absolute atomic E-state index is 0.201. The van der Waals surface area contributed by atoms with Gasteiger partial charge in [-0.05, 0) is 43.7 Å². The van der Waals surface area contributed by atoms with Crippen molar-refractivity contribution in [3.05, 3.63) is 58.6 Å². The fourth-order valence-corrected chi connectivity index (χ4v) is 3.07. The van der Waals surface area contributed by atoms with Crippen molar-refractivity contribution in [2.24, 2.45) is 0 Å². The number of aromatic nitrogens is 1. The normalized spacial score (nSPS) is 15.0. The Bertz CT molecular complexity index is 1040. The Hall–Kier alpha value is -3.22. The fraction of sp³-hybridized carbons (Fsp3) is 0.263. The van der Waals surface area contributed by atoms with Gasteiger partial charge >= 0.3 is 5.76 Å². The Labute approximate surface area is 149 Å². The highest BCUT2D eigenvalue weighted by molar-refractivity contribution is 5.83. The fourth-order valence-electron chi connectivity index (χ4n) is 3.07. The molecule has 1 aromatic heterocycles. The van der Waals surface area contributed by atoms with E-state index in [0.717, 1.165) is 5.56 Å². The number of amides is 1. The lowest BCUT2D eigenvalue weighted by molar-refractivity contribution is -0.124. The SMILES string of the molecule is CC(NC(=O)C(C)n1c(=O)oc2ccccc21)c1ccc2c(c1)OCO2. The summed E-state index contributed by atoms with van der Waals surface area (Å²) in [5.74, 6) is 0.527. The summed E-state index contributed by atoms with van der Waals surface area (Å²) >= 11 is 0. The highest BCUT2D eigenvalue weighted by atomic mass is 16.7. The van der Waals surface area contributed by atoms with Gasteiger partial charge < -0.3 is 19.2 Å². The number of rotatable bonds is 4. The van der Waals surface area contributed by atoms with E-state index in [-0.39, 0.29) is 18.7 Å². The molecule has 1 amide bonds. The van der Waals surface area contributed by atoms with Crippen LogP contribution in [0.2, 0.25) is 0 Å². The first-order valence-corrected chi connectivity index (χ1v) is 8.34. The molecule has 7 heteroatoms. The maximum atomic E-state index is 12.7. The summed E-state index contributed by atoms with van der Waals surface area (Å²) in [6.07, 6.45) is 0. The number of oxazole rings is 1. The van der Waals surface area contributed by atoms with Crippen LogP contribution in [-0.2, 0) is 4.79 Å². The lowest BCUT2D eigenvalue weighted by Crippen LogP contribution is -2.35. The molecule has 0 fully saturated rings. The molecule has 2 unspecified atom stereocenters. The van der Waals surface area contributed by atoms with E-state index in [1.807, 2.05) is 25.1 Å². The molecule has 0 spiro atoms. The largest absolute Gasteiger partial charge is 0.454 e. The van der Waals surface area contributed by atoms with Crippen molar-refractivity contribution in [3.63, 3.8) is 0 Å². The van der Waals surface area contributed by atoms with Crippen LogP contribution in [0.1, 0.15) is 31.5 Å². The van der Waals surface area contributed by atoms with Gasteiger partial charge in [-0.3, -0.25) is 9.36 Å². The zero-order valence-corrected chi connectivity index (χ0v) is 14.4. The first-order chi connectivity index (χ1) is 12.5. The standard InChI is InChI=1S/C19H18N2O5/c1-11(13-7-8-16-17(9-13)25-10-24-16)20-18(22)12(2)21-14-5-3-4-6-15(14)26-19(21)23/h3-9,11-12H,10H2,1-2H3,(H,20,22). The molecule has 134 valence electrons. The monoisotopic (exact) mass is 354 g/mol. The van der Waals surface area contributed by atoms with E-state index in [2.05, 4.69) is 5.32 Å². The van der Waals surface area contributed by atoms with Crippen LogP contribution < -0.4 is 20.5 Å². The maximum absolute atomic E-state index is 12.7. The van der Waals surface area contributed by atoms with Crippen LogP contribution in [0.5, 0.6) is 11.5 Å². The highest BCUT2D eigenvalue weighted by Gasteiger charge is 2.23. The second kappa shape index (κ2) is 6.25. The van der Waals surface area contributed by atoms with Gasteiger partial charge in [0, 0.05) is 0 Å². The number of nitrogens with one attached hydrogen (secondary N) is 1. The number of ether oxygens (including phenoxy) is 2. The van der Waals surface area contributed by atoms with Crippen molar-refractivity contribution in [1.29, 1.82) is 0 Å². The second-order valence-electron chi connectivity index (χ2n) is 6.22. The number of nitrogens with zero attached hydrogens (tertiary/aromatic N) is 1. The molecule has 0 saturated heterocycles. The van der Waals surface area contributed by atoms with E-state index >= 15 is 0 Å². The van der Waals surface area contributed by atoms with Gasteiger partial charge in [-0.15, -0.1) is 0 Å². The smallest absolute Gasteiger partial charge is 0.420 e. The molecular weight excluding hydrogens is 336 g/mol. The van der Waals surface area contributed by atoms with Crippen molar-refractivity contribution in [3.8, 4) is 11.5 Å². The summed E-state index contributed by atoms with van der Waals surface area (Å²) in [6.45, 7) is 3.75.